The van der Waals surface area contributed by atoms with Gasteiger partial charge in [-0.05, 0) is 83.5 Å². The van der Waals surface area contributed by atoms with Gasteiger partial charge in [-0.25, -0.2) is 0 Å². The summed E-state index contributed by atoms with van der Waals surface area (Å²) < 4.78 is 0. The Labute approximate surface area is 444 Å². The number of carbonyl (C=O) groups excluding carboxylic acids is 1. The maximum atomic E-state index is 12.5. The number of aliphatic hydroxyl groups is 3. The zero-order valence-electron chi connectivity index (χ0n) is 47.9. The van der Waals surface area contributed by atoms with Crippen molar-refractivity contribution in [1.82, 2.24) is 5.32 Å². The Kier molecular flexibility index (Phi) is 59.4. The van der Waals surface area contributed by atoms with Gasteiger partial charge < -0.3 is 20.6 Å². The first-order valence-corrected chi connectivity index (χ1v) is 31.9. The molecule has 0 aromatic carbocycles. The molecule has 0 aliphatic heterocycles. The van der Waals surface area contributed by atoms with Crippen molar-refractivity contribution in [2.45, 2.75) is 360 Å². The van der Waals surface area contributed by atoms with Crippen molar-refractivity contribution < 1.29 is 20.1 Å². The van der Waals surface area contributed by atoms with Gasteiger partial charge in [-0.15, -0.1) is 0 Å². The fraction of sp³-hybridized carbons (Fsp3) is 0.864. The van der Waals surface area contributed by atoms with Gasteiger partial charge in [0, 0.05) is 6.42 Å². The summed E-state index contributed by atoms with van der Waals surface area (Å²) in [6.45, 7) is 4.20. The van der Waals surface area contributed by atoms with Crippen LogP contribution in [0.4, 0.5) is 0 Å². The van der Waals surface area contributed by atoms with E-state index >= 15 is 0 Å². The van der Waals surface area contributed by atoms with E-state index in [0.29, 0.717) is 12.8 Å². The Morgan fingerprint density at radius 2 is 0.620 bits per heavy atom. The molecule has 71 heavy (non-hydrogen) atoms. The topological polar surface area (TPSA) is 89.8 Å². The molecule has 1 amide bonds. The van der Waals surface area contributed by atoms with Crippen LogP contribution in [-0.2, 0) is 4.79 Å². The number of hydrogen-bond acceptors (Lipinski definition) is 4. The summed E-state index contributed by atoms with van der Waals surface area (Å²) in [5.74, 6) is -0.154. The number of aliphatic hydroxyl groups excluding tert-OH is 3. The minimum Gasteiger partial charge on any atom is -0.394 e. The molecule has 3 atom stereocenters. The van der Waals surface area contributed by atoms with Crippen molar-refractivity contribution in [3.63, 3.8) is 0 Å². The summed E-state index contributed by atoms with van der Waals surface area (Å²) >= 11 is 0. The molecule has 5 nitrogen and oxygen atoms in total. The second kappa shape index (κ2) is 60.9. The van der Waals surface area contributed by atoms with Gasteiger partial charge in [0.25, 0.3) is 0 Å². The number of nitrogens with one attached hydrogen (secondary N) is 1. The molecule has 0 saturated heterocycles. The standard InChI is InChI=1S/C66H125NO4/c1-3-5-7-9-11-13-15-17-19-21-23-25-27-28-29-30-31-32-33-34-35-36-37-38-39-41-43-45-47-49-51-53-55-57-59-61-65(70)67-63(62-68)66(71)64(69)60-58-56-54-52-50-48-46-44-42-40-26-24-22-20-18-16-14-12-10-8-6-4-2/h27-28,30-31,44,46,52,54,63-64,66,68-69,71H,3-26,29,32-43,45,47-51,53,55-62H2,1-2H3,(H,67,70)/b28-27-,31-30-,46-44+,54-52+. The van der Waals surface area contributed by atoms with Gasteiger partial charge in [-0.2, -0.15) is 0 Å². The van der Waals surface area contributed by atoms with E-state index in [4.69, 9.17) is 0 Å². The van der Waals surface area contributed by atoms with E-state index in [1.54, 1.807) is 0 Å². The van der Waals surface area contributed by atoms with Crippen LogP contribution in [-0.4, -0.2) is 46.1 Å². The minimum atomic E-state index is -1.17. The summed E-state index contributed by atoms with van der Waals surface area (Å²) in [6.07, 6.45) is 81.6. The third-order valence-corrected chi connectivity index (χ3v) is 14.9. The SMILES string of the molecule is CCCCCCCCCCCCC/C=C\C/C=C\CCCCCCCCCCCCCCCCCCCC(=O)NC(CO)C(O)C(O)CCC/C=C/CC/C=C/CCCCCCCCCCCCCCC. The van der Waals surface area contributed by atoms with Crippen molar-refractivity contribution in [2.75, 3.05) is 6.61 Å². The van der Waals surface area contributed by atoms with Crippen LogP contribution in [0.5, 0.6) is 0 Å². The molecular formula is C66H125NO4. The number of rotatable bonds is 59. The number of carbonyl (C=O) groups is 1. The number of amides is 1. The van der Waals surface area contributed by atoms with E-state index in [1.165, 1.54) is 263 Å². The van der Waals surface area contributed by atoms with Crippen LogP contribution >= 0.6 is 0 Å². The molecule has 3 unspecified atom stereocenters. The van der Waals surface area contributed by atoms with Crippen molar-refractivity contribution in [2.24, 2.45) is 0 Å². The smallest absolute Gasteiger partial charge is 0.220 e. The second-order valence-electron chi connectivity index (χ2n) is 21.9. The highest BCUT2D eigenvalue weighted by Crippen LogP contribution is 2.18. The average Bonchev–Trinajstić information content (AvgIpc) is 3.37. The van der Waals surface area contributed by atoms with Crippen molar-refractivity contribution in [1.29, 1.82) is 0 Å². The molecule has 5 heteroatoms. The van der Waals surface area contributed by atoms with E-state index in [9.17, 15) is 20.1 Å². The highest BCUT2D eigenvalue weighted by atomic mass is 16.3. The van der Waals surface area contributed by atoms with Crippen LogP contribution < -0.4 is 5.32 Å². The van der Waals surface area contributed by atoms with Crippen LogP contribution in [0.3, 0.4) is 0 Å². The van der Waals surface area contributed by atoms with Crippen LogP contribution in [0.1, 0.15) is 341 Å². The van der Waals surface area contributed by atoms with E-state index < -0.39 is 18.2 Å². The Morgan fingerprint density at radius 3 is 0.944 bits per heavy atom. The van der Waals surface area contributed by atoms with Gasteiger partial charge in [0.1, 0.15) is 6.10 Å². The number of unbranched alkanes of at least 4 members (excludes halogenated alkanes) is 43. The fourth-order valence-corrected chi connectivity index (χ4v) is 9.98. The predicted octanol–water partition coefficient (Wildman–Crippen LogP) is 20.3. The fourth-order valence-electron chi connectivity index (χ4n) is 9.98. The maximum absolute atomic E-state index is 12.5. The lowest BCUT2D eigenvalue weighted by Crippen LogP contribution is -2.50. The lowest BCUT2D eigenvalue weighted by Gasteiger charge is -2.26. The average molecular weight is 997 g/mol. The normalized spacial score (nSPS) is 13.5. The lowest BCUT2D eigenvalue weighted by atomic mass is 10.0. The lowest BCUT2D eigenvalue weighted by molar-refractivity contribution is -0.124. The number of allylic oxidation sites excluding steroid dienone is 8. The summed E-state index contributed by atoms with van der Waals surface area (Å²) in [6, 6.07) is -0.834. The van der Waals surface area contributed by atoms with E-state index in [-0.39, 0.29) is 12.5 Å². The molecule has 4 N–H and O–H groups in total. The van der Waals surface area contributed by atoms with Gasteiger partial charge in [0.15, 0.2) is 0 Å². The number of hydrogen-bond donors (Lipinski definition) is 4. The Bertz CT molecular complexity index is 1150. The van der Waals surface area contributed by atoms with Crippen molar-refractivity contribution in [3.05, 3.63) is 48.6 Å². The molecule has 0 aliphatic rings. The van der Waals surface area contributed by atoms with Gasteiger partial charge in [0.05, 0.1) is 18.8 Å². The largest absolute Gasteiger partial charge is 0.394 e. The van der Waals surface area contributed by atoms with E-state index in [2.05, 4.69) is 67.8 Å². The van der Waals surface area contributed by atoms with Crippen LogP contribution in [0.15, 0.2) is 48.6 Å². The minimum absolute atomic E-state index is 0.154. The predicted molar refractivity (Wildman–Crippen MR) is 314 cm³/mol. The van der Waals surface area contributed by atoms with Crippen molar-refractivity contribution >= 4 is 5.91 Å². The molecule has 0 aromatic heterocycles. The van der Waals surface area contributed by atoms with E-state index in [1.807, 2.05) is 0 Å². The van der Waals surface area contributed by atoms with E-state index in [0.717, 1.165) is 51.4 Å². The Balaban J connectivity index is 3.53. The monoisotopic (exact) mass is 996 g/mol. The first-order chi connectivity index (χ1) is 35.1. The molecule has 0 radical (unpaired) electrons. The first-order valence-electron chi connectivity index (χ1n) is 31.9. The highest BCUT2D eigenvalue weighted by molar-refractivity contribution is 5.76. The Hall–Kier alpha value is -1.69. The van der Waals surface area contributed by atoms with Crippen LogP contribution in [0.2, 0.25) is 0 Å². The molecule has 0 rings (SSSR count). The molecule has 0 fully saturated rings. The molecule has 0 heterocycles. The molecule has 0 saturated carbocycles. The van der Waals surface area contributed by atoms with Gasteiger partial charge in [0.2, 0.25) is 5.91 Å². The molecule has 0 aliphatic carbocycles. The Morgan fingerprint density at radius 1 is 0.352 bits per heavy atom. The molecule has 0 bridgehead atoms. The second-order valence-corrected chi connectivity index (χ2v) is 21.9. The third kappa shape index (κ3) is 55.9. The molecule has 0 spiro atoms. The van der Waals surface area contributed by atoms with Crippen molar-refractivity contribution in [3.8, 4) is 0 Å². The summed E-state index contributed by atoms with van der Waals surface area (Å²) in [7, 11) is 0. The summed E-state index contributed by atoms with van der Waals surface area (Å²) in [5.41, 5.74) is 0. The molecule has 0 aromatic rings. The zero-order valence-corrected chi connectivity index (χ0v) is 47.9. The summed E-state index contributed by atoms with van der Waals surface area (Å²) in [5, 5.41) is 33.8. The molecular weight excluding hydrogens is 871 g/mol. The van der Waals surface area contributed by atoms with Gasteiger partial charge >= 0.3 is 0 Å². The zero-order chi connectivity index (χ0) is 51.4. The quantitative estimate of drug-likeness (QED) is 0.0361. The first kappa shape index (κ1) is 69.3. The summed E-state index contributed by atoms with van der Waals surface area (Å²) in [4.78, 5) is 12.5. The maximum Gasteiger partial charge on any atom is 0.220 e. The van der Waals surface area contributed by atoms with Gasteiger partial charge in [-0.1, -0.05) is 300 Å². The van der Waals surface area contributed by atoms with Crippen LogP contribution in [0, 0.1) is 0 Å². The van der Waals surface area contributed by atoms with Crippen LogP contribution in [0.25, 0.3) is 0 Å². The highest BCUT2D eigenvalue weighted by Gasteiger charge is 2.26. The molecule has 418 valence electrons. The third-order valence-electron chi connectivity index (χ3n) is 14.9. The van der Waals surface area contributed by atoms with Gasteiger partial charge in [-0.3, -0.25) is 4.79 Å².